The maximum absolute atomic E-state index is 11.1. The molecule has 68 valence electrons. The molecule has 1 nitrogen and oxygen atoms in total. The molecule has 0 aliphatic carbocycles. The summed E-state index contributed by atoms with van der Waals surface area (Å²) in [5, 5.41) is 0.608. The van der Waals surface area contributed by atoms with Crippen LogP contribution in [0.1, 0.15) is 12.5 Å². The fourth-order valence-corrected chi connectivity index (χ4v) is 1.54. The van der Waals surface area contributed by atoms with Gasteiger partial charge in [0.05, 0.1) is 0 Å². The van der Waals surface area contributed by atoms with Crippen LogP contribution in [0, 0.1) is 0 Å². The molecule has 0 unspecified atom stereocenters. The molecule has 0 aromatic heterocycles. The molecular weight excluding hydrogens is 228 g/mol. The molecule has 0 saturated heterocycles. The molecule has 0 spiro atoms. The minimum Gasteiger partial charge on any atom is -0.295 e. The minimum atomic E-state index is 0.112. The SMILES string of the molecule is CC(=O)/C(=C/c1ccccc1)CBr. The Morgan fingerprint density at radius 1 is 1.38 bits per heavy atom. The predicted octanol–water partition coefficient (Wildman–Crippen LogP) is 3.05. The van der Waals surface area contributed by atoms with Crippen LogP contribution in [0.15, 0.2) is 35.9 Å². The first-order chi connectivity index (χ1) is 6.24. The Morgan fingerprint density at radius 3 is 2.46 bits per heavy atom. The summed E-state index contributed by atoms with van der Waals surface area (Å²) in [7, 11) is 0. The first-order valence-electron chi connectivity index (χ1n) is 4.06. The lowest BCUT2D eigenvalue weighted by molar-refractivity contribution is -0.113. The Labute approximate surface area is 86.6 Å². The van der Waals surface area contributed by atoms with E-state index in [1.165, 1.54) is 0 Å². The van der Waals surface area contributed by atoms with Crippen LogP contribution in [0.3, 0.4) is 0 Å². The quantitative estimate of drug-likeness (QED) is 0.585. The third kappa shape index (κ3) is 3.15. The van der Waals surface area contributed by atoms with E-state index in [-0.39, 0.29) is 5.78 Å². The molecule has 0 aliphatic rings. The Hall–Kier alpha value is -0.890. The van der Waals surface area contributed by atoms with Crippen molar-refractivity contribution >= 4 is 27.8 Å². The van der Waals surface area contributed by atoms with Gasteiger partial charge in [0, 0.05) is 10.9 Å². The van der Waals surface area contributed by atoms with Gasteiger partial charge in [-0.1, -0.05) is 46.3 Å². The molecule has 0 aliphatic heterocycles. The monoisotopic (exact) mass is 238 g/mol. The Bertz CT molecular complexity index is 314. The van der Waals surface area contributed by atoms with Gasteiger partial charge >= 0.3 is 0 Å². The molecule has 1 aromatic rings. The van der Waals surface area contributed by atoms with Gasteiger partial charge in [-0.25, -0.2) is 0 Å². The van der Waals surface area contributed by atoms with Crippen molar-refractivity contribution in [1.29, 1.82) is 0 Å². The minimum absolute atomic E-state index is 0.112. The van der Waals surface area contributed by atoms with E-state index in [2.05, 4.69) is 15.9 Å². The van der Waals surface area contributed by atoms with Crippen LogP contribution in [0.25, 0.3) is 6.08 Å². The van der Waals surface area contributed by atoms with Crippen LogP contribution in [-0.2, 0) is 4.79 Å². The van der Waals surface area contributed by atoms with E-state index in [0.717, 1.165) is 11.1 Å². The number of carbonyl (C=O) groups is 1. The summed E-state index contributed by atoms with van der Waals surface area (Å²) in [5.74, 6) is 0.112. The zero-order chi connectivity index (χ0) is 9.68. The van der Waals surface area contributed by atoms with Crippen LogP contribution in [-0.4, -0.2) is 11.1 Å². The Balaban J connectivity index is 2.92. The van der Waals surface area contributed by atoms with Gasteiger partial charge in [-0.2, -0.15) is 0 Å². The molecule has 13 heavy (non-hydrogen) atoms. The molecule has 0 radical (unpaired) electrons. The molecule has 1 aromatic carbocycles. The van der Waals surface area contributed by atoms with Crippen molar-refractivity contribution in [3.63, 3.8) is 0 Å². The zero-order valence-corrected chi connectivity index (χ0v) is 9.04. The van der Waals surface area contributed by atoms with Crippen molar-refractivity contribution in [2.45, 2.75) is 6.92 Å². The first-order valence-corrected chi connectivity index (χ1v) is 5.18. The number of hydrogen-bond acceptors (Lipinski definition) is 1. The van der Waals surface area contributed by atoms with Crippen molar-refractivity contribution in [2.75, 3.05) is 5.33 Å². The number of rotatable bonds is 3. The lowest BCUT2D eigenvalue weighted by atomic mass is 10.1. The maximum Gasteiger partial charge on any atom is 0.156 e. The van der Waals surface area contributed by atoms with Gasteiger partial charge in [-0.05, 0) is 18.6 Å². The molecular formula is C11H11BrO. The number of benzene rings is 1. The van der Waals surface area contributed by atoms with Gasteiger partial charge in [0.1, 0.15) is 0 Å². The van der Waals surface area contributed by atoms with Crippen molar-refractivity contribution in [2.24, 2.45) is 0 Å². The maximum atomic E-state index is 11.1. The normalized spacial score (nSPS) is 11.4. The second-order valence-corrected chi connectivity index (χ2v) is 3.33. The molecule has 0 bridgehead atoms. The largest absolute Gasteiger partial charge is 0.295 e. The van der Waals surface area contributed by atoms with E-state index in [1.54, 1.807) is 6.92 Å². The first kappa shape index (κ1) is 10.2. The standard InChI is InChI=1S/C11H11BrO/c1-9(13)11(8-12)7-10-5-3-2-4-6-10/h2-7H,8H2,1H3/b11-7+. The van der Waals surface area contributed by atoms with Gasteiger partial charge in [0.15, 0.2) is 5.78 Å². The van der Waals surface area contributed by atoms with Gasteiger partial charge < -0.3 is 0 Å². The van der Waals surface area contributed by atoms with E-state index in [0.29, 0.717) is 5.33 Å². The Morgan fingerprint density at radius 2 is 2.00 bits per heavy atom. The summed E-state index contributed by atoms with van der Waals surface area (Å²) in [6.07, 6.45) is 1.90. The van der Waals surface area contributed by atoms with E-state index in [1.807, 2.05) is 36.4 Å². The third-order valence-electron chi connectivity index (χ3n) is 1.74. The van der Waals surface area contributed by atoms with Crippen LogP contribution in [0.4, 0.5) is 0 Å². The fraction of sp³-hybridized carbons (Fsp3) is 0.182. The van der Waals surface area contributed by atoms with E-state index < -0.39 is 0 Å². The average molecular weight is 239 g/mol. The smallest absolute Gasteiger partial charge is 0.156 e. The van der Waals surface area contributed by atoms with E-state index in [4.69, 9.17) is 0 Å². The highest BCUT2D eigenvalue weighted by atomic mass is 79.9. The number of ketones is 1. The predicted molar refractivity (Wildman–Crippen MR) is 58.9 cm³/mol. The summed E-state index contributed by atoms with van der Waals surface area (Å²) in [6.45, 7) is 1.58. The third-order valence-corrected chi connectivity index (χ3v) is 2.34. The van der Waals surface area contributed by atoms with Crippen LogP contribution in [0.5, 0.6) is 0 Å². The topological polar surface area (TPSA) is 17.1 Å². The average Bonchev–Trinajstić information content (AvgIpc) is 2.15. The second-order valence-electron chi connectivity index (χ2n) is 2.77. The van der Waals surface area contributed by atoms with Crippen LogP contribution >= 0.6 is 15.9 Å². The Kier molecular flexibility index (Phi) is 3.90. The van der Waals surface area contributed by atoms with Gasteiger partial charge in [0.2, 0.25) is 0 Å². The van der Waals surface area contributed by atoms with Gasteiger partial charge in [0.25, 0.3) is 0 Å². The number of Topliss-reactive ketones (excluding diaryl/α,β-unsaturated/α-hetero) is 1. The molecule has 0 heterocycles. The van der Waals surface area contributed by atoms with Gasteiger partial charge in [-0.3, -0.25) is 4.79 Å². The highest BCUT2D eigenvalue weighted by Crippen LogP contribution is 2.09. The van der Waals surface area contributed by atoms with Crippen LogP contribution < -0.4 is 0 Å². The highest BCUT2D eigenvalue weighted by Gasteiger charge is 2.00. The van der Waals surface area contributed by atoms with Crippen molar-refractivity contribution in [1.82, 2.24) is 0 Å². The van der Waals surface area contributed by atoms with E-state index in [9.17, 15) is 4.79 Å². The number of alkyl halides is 1. The molecule has 0 atom stereocenters. The molecule has 0 N–H and O–H groups in total. The van der Waals surface area contributed by atoms with Crippen molar-refractivity contribution in [3.8, 4) is 0 Å². The van der Waals surface area contributed by atoms with Crippen LogP contribution in [0.2, 0.25) is 0 Å². The molecule has 1 rings (SSSR count). The number of hydrogen-bond donors (Lipinski definition) is 0. The summed E-state index contributed by atoms with van der Waals surface area (Å²) < 4.78 is 0. The van der Waals surface area contributed by atoms with Crippen molar-refractivity contribution < 1.29 is 4.79 Å². The summed E-state index contributed by atoms with van der Waals surface area (Å²) in [4.78, 5) is 11.1. The second kappa shape index (κ2) is 4.97. The molecule has 0 amide bonds. The zero-order valence-electron chi connectivity index (χ0n) is 7.46. The fourth-order valence-electron chi connectivity index (χ4n) is 0.985. The number of allylic oxidation sites excluding steroid dienone is 1. The van der Waals surface area contributed by atoms with E-state index >= 15 is 0 Å². The summed E-state index contributed by atoms with van der Waals surface area (Å²) in [6, 6.07) is 9.83. The number of carbonyl (C=O) groups excluding carboxylic acids is 1. The van der Waals surface area contributed by atoms with Gasteiger partial charge in [-0.15, -0.1) is 0 Å². The lowest BCUT2D eigenvalue weighted by Crippen LogP contribution is -1.96. The summed E-state index contributed by atoms with van der Waals surface area (Å²) >= 11 is 3.28. The molecule has 2 heteroatoms. The molecule has 0 saturated carbocycles. The lowest BCUT2D eigenvalue weighted by Gasteiger charge is -1.97. The summed E-state index contributed by atoms with van der Waals surface area (Å²) in [5.41, 5.74) is 1.86. The highest BCUT2D eigenvalue weighted by molar-refractivity contribution is 9.09. The number of halogens is 1. The molecule has 0 fully saturated rings. The van der Waals surface area contributed by atoms with Crippen molar-refractivity contribution in [3.05, 3.63) is 41.5 Å².